The highest BCUT2D eigenvalue weighted by molar-refractivity contribution is 8.15. The summed E-state index contributed by atoms with van der Waals surface area (Å²) in [6, 6.07) is 30.1. The van der Waals surface area contributed by atoms with Crippen LogP contribution in [0.4, 0.5) is 0 Å². The van der Waals surface area contributed by atoms with Gasteiger partial charge < -0.3 is 5.32 Å². The van der Waals surface area contributed by atoms with Gasteiger partial charge in [-0.1, -0.05) is 103 Å². The van der Waals surface area contributed by atoms with Gasteiger partial charge in [0.15, 0.2) is 5.17 Å². The summed E-state index contributed by atoms with van der Waals surface area (Å²) in [5.74, 6) is -0.648. The summed E-state index contributed by atoms with van der Waals surface area (Å²) in [6.07, 6.45) is 0. The summed E-state index contributed by atoms with van der Waals surface area (Å²) in [5.41, 5.74) is 3.05. The van der Waals surface area contributed by atoms with Crippen molar-refractivity contribution >= 4 is 28.7 Å². The molecule has 29 heavy (non-hydrogen) atoms. The third-order valence-corrected chi connectivity index (χ3v) is 5.73. The molecule has 5 heteroatoms. The second kappa shape index (κ2) is 9.34. The fourth-order valence-corrected chi connectivity index (χ4v) is 4.63. The zero-order valence-electron chi connectivity index (χ0n) is 16.3. The summed E-state index contributed by atoms with van der Waals surface area (Å²) < 4.78 is -0.708. The van der Waals surface area contributed by atoms with Crippen molar-refractivity contribution in [2.24, 2.45) is 4.99 Å². The number of nitrogens with zero attached hydrogens (tertiary/aromatic N) is 1. The topological polar surface area (TPSA) is 58.5 Å². The third kappa shape index (κ3) is 4.81. The molecule has 0 aliphatic rings. The quantitative estimate of drug-likeness (QED) is 0.389. The van der Waals surface area contributed by atoms with E-state index in [2.05, 4.69) is 10.3 Å². The fraction of sp³-hybridized carbons (Fsp3) is 0.125. The zero-order valence-corrected chi connectivity index (χ0v) is 17.1. The first-order chi connectivity index (χ1) is 14.0. The van der Waals surface area contributed by atoms with Crippen LogP contribution in [0.3, 0.4) is 0 Å². The summed E-state index contributed by atoms with van der Waals surface area (Å²) in [5, 5.41) is 2.99. The maximum atomic E-state index is 11.8. The molecule has 0 saturated carbocycles. The molecule has 1 N–H and O–H groups in total. The van der Waals surface area contributed by atoms with Gasteiger partial charge in [0.1, 0.15) is 0 Å². The van der Waals surface area contributed by atoms with Gasteiger partial charge >= 0.3 is 0 Å². The maximum Gasteiger partial charge on any atom is 0.244 e. The van der Waals surface area contributed by atoms with Crippen LogP contribution in [0.15, 0.2) is 96.0 Å². The summed E-state index contributed by atoms with van der Waals surface area (Å²) in [4.78, 5) is 27.7. The van der Waals surface area contributed by atoms with Gasteiger partial charge in [-0.15, -0.1) is 0 Å². The highest BCUT2D eigenvalue weighted by Crippen LogP contribution is 2.48. The van der Waals surface area contributed by atoms with Crippen molar-refractivity contribution in [3.63, 3.8) is 0 Å². The molecule has 0 heterocycles. The highest BCUT2D eigenvalue weighted by Gasteiger charge is 2.39. The first-order valence-corrected chi connectivity index (χ1v) is 10.1. The summed E-state index contributed by atoms with van der Waals surface area (Å²) in [7, 11) is 0. The number of aliphatic imine (C=N–C) groups is 1. The van der Waals surface area contributed by atoms with Crippen molar-refractivity contribution in [1.82, 2.24) is 5.32 Å². The van der Waals surface area contributed by atoms with Crippen molar-refractivity contribution in [1.29, 1.82) is 0 Å². The maximum absolute atomic E-state index is 11.8. The normalized spacial score (nSPS) is 11.7. The minimum Gasteiger partial charge on any atom is -0.305 e. The van der Waals surface area contributed by atoms with Crippen LogP contribution < -0.4 is 5.32 Å². The van der Waals surface area contributed by atoms with Gasteiger partial charge in [0.25, 0.3) is 0 Å². The minimum absolute atomic E-state index is 0.265. The Labute approximate surface area is 175 Å². The average molecular weight is 403 g/mol. The van der Waals surface area contributed by atoms with Crippen LogP contribution >= 0.6 is 11.8 Å². The molecule has 0 spiro atoms. The van der Waals surface area contributed by atoms with Crippen molar-refractivity contribution in [3.8, 4) is 0 Å². The Morgan fingerprint density at radius 1 is 0.724 bits per heavy atom. The van der Waals surface area contributed by atoms with Crippen molar-refractivity contribution in [3.05, 3.63) is 108 Å². The Bertz CT molecular complexity index is 906. The lowest BCUT2D eigenvalue weighted by atomic mass is 9.84. The van der Waals surface area contributed by atoms with E-state index in [0.717, 1.165) is 16.7 Å². The molecule has 0 atom stereocenters. The number of rotatable bonds is 4. The predicted octanol–water partition coefficient (Wildman–Crippen LogP) is 4.75. The van der Waals surface area contributed by atoms with E-state index in [0.29, 0.717) is 0 Å². The second-order valence-electron chi connectivity index (χ2n) is 6.50. The van der Waals surface area contributed by atoms with Gasteiger partial charge in [-0.05, 0) is 16.7 Å². The first-order valence-electron chi connectivity index (χ1n) is 9.25. The molecule has 0 bridgehead atoms. The minimum atomic E-state index is -0.708. The molecule has 3 aromatic carbocycles. The van der Waals surface area contributed by atoms with E-state index in [4.69, 9.17) is 0 Å². The first kappa shape index (κ1) is 20.6. The number of thioether (sulfide) groups is 1. The van der Waals surface area contributed by atoms with Gasteiger partial charge in [-0.25, -0.2) is 0 Å². The Hall–Kier alpha value is -3.18. The van der Waals surface area contributed by atoms with Crippen molar-refractivity contribution in [2.45, 2.75) is 18.6 Å². The molecule has 0 aromatic heterocycles. The lowest BCUT2D eigenvalue weighted by molar-refractivity contribution is -0.117. The molecule has 2 amide bonds. The number of hydrogen-bond acceptors (Lipinski definition) is 3. The number of carbonyl (C=O) groups excluding carboxylic acids is 2. The van der Waals surface area contributed by atoms with Gasteiger partial charge in [0, 0.05) is 13.8 Å². The highest BCUT2D eigenvalue weighted by atomic mass is 32.2. The molecular formula is C24H22N2O2S. The van der Waals surface area contributed by atoms with E-state index >= 15 is 0 Å². The molecule has 0 unspecified atom stereocenters. The fourth-order valence-electron chi connectivity index (χ4n) is 3.21. The third-order valence-electron chi connectivity index (χ3n) is 4.33. The molecule has 146 valence electrons. The van der Waals surface area contributed by atoms with Gasteiger partial charge in [-0.3, -0.25) is 9.59 Å². The van der Waals surface area contributed by atoms with Crippen LogP contribution in [-0.2, 0) is 14.3 Å². The van der Waals surface area contributed by atoms with E-state index in [1.54, 1.807) is 0 Å². The molecule has 0 aliphatic carbocycles. The number of nitrogens with one attached hydrogen (secondary N) is 1. The molecule has 0 radical (unpaired) electrons. The number of benzene rings is 3. The van der Waals surface area contributed by atoms with E-state index < -0.39 is 4.75 Å². The second-order valence-corrected chi connectivity index (χ2v) is 7.70. The van der Waals surface area contributed by atoms with Crippen LogP contribution in [0.2, 0.25) is 0 Å². The standard InChI is InChI=1S/C24H22N2O2S/c1-18(27)25-23(26-19(2)28)29-24(20-12-6-3-7-13-20,21-14-8-4-9-15-21)22-16-10-5-11-17-22/h3-17H,1-2H3,(H,25,26,27,28). The van der Waals surface area contributed by atoms with E-state index in [1.165, 1.54) is 25.6 Å². The molecule has 3 rings (SSSR count). The molecule has 0 fully saturated rings. The number of hydrogen-bond donors (Lipinski definition) is 1. The number of amides is 2. The van der Waals surface area contributed by atoms with Crippen LogP contribution in [0.5, 0.6) is 0 Å². The lowest BCUT2D eigenvalue weighted by Gasteiger charge is -2.35. The lowest BCUT2D eigenvalue weighted by Crippen LogP contribution is -2.34. The molecule has 4 nitrogen and oxygen atoms in total. The van der Waals surface area contributed by atoms with Gasteiger partial charge in [0.2, 0.25) is 11.8 Å². The van der Waals surface area contributed by atoms with Gasteiger partial charge in [0.05, 0.1) is 4.75 Å². The smallest absolute Gasteiger partial charge is 0.244 e. The Balaban J connectivity index is 2.30. The van der Waals surface area contributed by atoms with E-state index in [9.17, 15) is 9.59 Å². The summed E-state index contributed by atoms with van der Waals surface area (Å²) in [6.45, 7) is 2.78. The van der Waals surface area contributed by atoms with Crippen LogP contribution in [0.1, 0.15) is 30.5 Å². The van der Waals surface area contributed by atoms with E-state index in [-0.39, 0.29) is 17.0 Å². The summed E-state index contributed by atoms with van der Waals surface area (Å²) >= 11 is 1.35. The molecular weight excluding hydrogens is 380 g/mol. The molecule has 3 aromatic rings. The van der Waals surface area contributed by atoms with E-state index in [1.807, 2.05) is 91.0 Å². The van der Waals surface area contributed by atoms with Crippen molar-refractivity contribution < 1.29 is 9.59 Å². The van der Waals surface area contributed by atoms with Crippen LogP contribution in [0.25, 0.3) is 0 Å². The van der Waals surface area contributed by atoms with Crippen LogP contribution in [0, 0.1) is 0 Å². The van der Waals surface area contributed by atoms with Crippen molar-refractivity contribution in [2.75, 3.05) is 0 Å². The largest absolute Gasteiger partial charge is 0.305 e. The molecule has 0 saturated heterocycles. The number of carbonyl (C=O) groups is 2. The molecule has 0 aliphatic heterocycles. The Kier molecular flexibility index (Phi) is 6.62. The predicted molar refractivity (Wildman–Crippen MR) is 119 cm³/mol. The zero-order chi connectivity index (χ0) is 20.7. The van der Waals surface area contributed by atoms with Crippen LogP contribution in [-0.4, -0.2) is 17.0 Å². The van der Waals surface area contributed by atoms with Gasteiger partial charge in [-0.2, -0.15) is 4.99 Å². The monoisotopic (exact) mass is 402 g/mol. The number of amidine groups is 1. The average Bonchev–Trinajstić information content (AvgIpc) is 2.73. The Morgan fingerprint density at radius 3 is 1.41 bits per heavy atom. The SMILES string of the molecule is CC(=O)N=C(NC(C)=O)SC(c1ccccc1)(c1ccccc1)c1ccccc1. The Morgan fingerprint density at radius 2 is 1.10 bits per heavy atom.